The first-order chi connectivity index (χ1) is 14.2. The van der Waals surface area contributed by atoms with Crippen LogP contribution in [0.3, 0.4) is 0 Å². The Morgan fingerprint density at radius 3 is 2.52 bits per heavy atom. The molecule has 4 rings (SSSR count). The number of anilines is 2. The molecule has 7 nitrogen and oxygen atoms in total. The molecule has 1 aliphatic heterocycles. The lowest BCUT2D eigenvalue weighted by Gasteiger charge is -2.15. The Bertz CT molecular complexity index is 986. The van der Waals surface area contributed by atoms with Crippen molar-refractivity contribution in [2.24, 2.45) is 0 Å². The van der Waals surface area contributed by atoms with E-state index in [1.165, 1.54) is 7.11 Å². The summed E-state index contributed by atoms with van der Waals surface area (Å²) in [5, 5.41) is 9.66. The number of esters is 1. The summed E-state index contributed by atoms with van der Waals surface area (Å²) in [6.07, 6.45) is 0. The molecule has 1 aliphatic rings. The summed E-state index contributed by atoms with van der Waals surface area (Å²) in [5.74, 6) is 2.15. The van der Waals surface area contributed by atoms with Crippen LogP contribution in [0, 0.1) is 0 Å². The fraction of sp³-hybridized carbons (Fsp3) is 0.286. The van der Waals surface area contributed by atoms with E-state index >= 15 is 0 Å². The molecular weight excluding hydrogens is 388 g/mol. The Morgan fingerprint density at radius 1 is 1.07 bits per heavy atom. The average molecular weight is 410 g/mol. The van der Waals surface area contributed by atoms with Crippen LogP contribution < -0.4 is 9.64 Å². The Morgan fingerprint density at radius 2 is 1.83 bits per heavy atom. The molecule has 2 aromatic carbocycles. The number of thioether (sulfide) groups is 1. The Kier molecular flexibility index (Phi) is 5.71. The fourth-order valence-corrected chi connectivity index (χ4v) is 4.14. The van der Waals surface area contributed by atoms with Crippen LogP contribution in [0.4, 0.5) is 11.6 Å². The van der Waals surface area contributed by atoms with Gasteiger partial charge in [0.15, 0.2) is 5.16 Å². The van der Waals surface area contributed by atoms with E-state index in [1.54, 1.807) is 23.9 Å². The first-order valence-electron chi connectivity index (χ1n) is 9.43. The van der Waals surface area contributed by atoms with Gasteiger partial charge in [0.1, 0.15) is 5.75 Å². The topological polar surface area (TPSA) is 69.5 Å². The van der Waals surface area contributed by atoms with Gasteiger partial charge in [-0.05, 0) is 48.9 Å². The smallest absolute Gasteiger partial charge is 0.337 e. The van der Waals surface area contributed by atoms with Crippen molar-refractivity contribution in [3.05, 3.63) is 59.7 Å². The summed E-state index contributed by atoms with van der Waals surface area (Å²) in [6, 6.07) is 15.5. The van der Waals surface area contributed by atoms with Gasteiger partial charge in [-0.15, -0.1) is 10.2 Å². The van der Waals surface area contributed by atoms with Crippen LogP contribution in [0.2, 0.25) is 0 Å². The minimum atomic E-state index is -0.325. The maximum atomic E-state index is 11.5. The Labute approximate surface area is 173 Å². The number of fused-ring (bicyclic) bond motifs is 1. The third kappa shape index (κ3) is 4.07. The van der Waals surface area contributed by atoms with Gasteiger partial charge in [-0.2, -0.15) is 0 Å². The highest BCUT2D eigenvalue weighted by Crippen LogP contribution is 2.33. The molecule has 0 spiro atoms. The average Bonchev–Trinajstić information content (AvgIpc) is 3.35. The second-order valence-corrected chi connectivity index (χ2v) is 7.43. The lowest BCUT2D eigenvalue weighted by atomic mass is 10.1. The van der Waals surface area contributed by atoms with Crippen LogP contribution >= 0.6 is 11.8 Å². The molecule has 29 heavy (non-hydrogen) atoms. The van der Waals surface area contributed by atoms with E-state index < -0.39 is 0 Å². The van der Waals surface area contributed by atoms with Crippen LogP contribution in [0.25, 0.3) is 0 Å². The third-order valence-corrected chi connectivity index (χ3v) is 5.73. The van der Waals surface area contributed by atoms with E-state index in [0.29, 0.717) is 12.2 Å². The highest BCUT2D eigenvalue weighted by molar-refractivity contribution is 7.98. The zero-order chi connectivity index (χ0) is 20.2. The molecule has 0 N–H and O–H groups in total. The van der Waals surface area contributed by atoms with Gasteiger partial charge in [-0.1, -0.05) is 23.9 Å². The van der Waals surface area contributed by atoms with Gasteiger partial charge in [-0.3, -0.25) is 4.57 Å². The number of carbonyl (C=O) groups is 1. The van der Waals surface area contributed by atoms with Gasteiger partial charge in [0.05, 0.1) is 19.3 Å². The molecule has 2 heterocycles. The summed E-state index contributed by atoms with van der Waals surface area (Å²) in [7, 11) is 1.38. The van der Waals surface area contributed by atoms with Crippen molar-refractivity contribution in [3.8, 4) is 5.75 Å². The summed E-state index contributed by atoms with van der Waals surface area (Å²) in [6.45, 7) is 4.34. The lowest BCUT2D eigenvalue weighted by molar-refractivity contribution is 0.0600. The molecule has 0 radical (unpaired) electrons. The summed E-state index contributed by atoms with van der Waals surface area (Å²) in [5.41, 5.74) is 2.74. The number of rotatable bonds is 7. The van der Waals surface area contributed by atoms with Crippen LogP contribution in [0.15, 0.2) is 53.7 Å². The second-order valence-electron chi connectivity index (χ2n) is 6.49. The molecule has 0 fully saturated rings. The van der Waals surface area contributed by atoms with Crippen LogP contribution in [-0.2, 0) is 17.0 Å². The molecule has 3 aromatic rings. The molecule has 1 aromatic heterocycles. The van der Waals surface area contributed by atoms with Crippen molar-refractivity contribution in [2.75, 3.05) is 25.2 Å². The van der Waals surface area contributed by atoms with E-state index in [-0.39, 0.29) is 5.97 Å². The molecule has 0 atom stereocenters. The molecule has 150 valence electrons. The van der Waals surface area contributed by atoms with Gasteiger partial charge >= 0.3 is 5.97 Å². The van der Waals surface area contributed by atoms with Crippen LogP contribution in [-0.4, -0.2) is 41.0 Å². The van der Waals surface area contributed by atoms with Gasteiger partial charge < -0.3 is 14.4 Å². The van der Waals surface area contributed by atoms with Crippen molar-refractivity contribution in [1.82, 2.24) is 14.8 Å². The minimum Gasteiger partial charge on any atom is -0.494 e. The lowest BCUT2D eigenvalue weighted by Crippen LogP contribution is -2.14. The van der Waals surface area contributed by atoms with E-state index in [1.807, 2.05) is 43.3 Å². The quantitative estimate of drug-likeness (QED) is 0.432. The summed E-state index contributed by atoms with van der Waals surface area (Å²) >= 11 is 1.64. The molecule has 0 unspecified atom stereocenters. The summed E-state index contributed by atoms with van der Waals surface area (Å²) < 4.78 is 12.4. The number of methoxy groups -OCH3 is 1. The molecule has 0 amide bonds. The minimum absolute atomic E-state index is 0.325. The third-order valence-electron chi connectivity index (χ3n) is 4.69. The highest BCUT2D eigenvalue weighted by atomic mass is 32.2. The number of nitrogens with zero attached hydrogens (tertiary/aromatic N) is 4. The number of carbonyl (C=O) groups excluding carboxylic acids is 1. The SMILES string of the molecule is CCOc1ccc(N2CCn3c(SCc4ccc(C(=O)OC)cc4)nnc32)cc1. The van der Waals surface area contributed by atoms with E-state index in [0.717, 1.165) is 46.9 Å². The predicted molar refractivity (Wildman–Crippen MR) is 112 cm³/mol. The number of aromatic nitrogens is 3. The molecule has 0 bridgehead atoms. The predicted octanol–water partition coefficient (Wildman–Crippen LogP) is 3.91. The maximum Gasteiger partial charge on any atom is 0.337 e. The van der Waals surface area contributed by atoms with Gasteiger partial charge in [-0.25, -0.2) is 4.79 Å². The van der Waals surface area contributed by atoms with Gasteiger partial charge in [0.25, 0.3) is 0 Å². The Balaban J connectivity index is 1.43. The molecule has 0 aliphatic carbocycles. The number of ether oxygens (including phenoxy) is 2. The van der Waals surface area contributed by atoms with Crippen LogP contribution in [0.5, 0.6) is 5.75 Å². The normalized spacial score (nSPS) is 12.7. The Hall–Kier alpha value is -3.00. The standard InChI is InChI=1S/C21H22N4O3S/c1-3-28-18-10-8-17(9-11-18)24-12-13-25-20(24)22-23-21(25)29-14-15-4-6-16(7-5-15)19(26)27-2/h4-11H,3,12-14H2,1-2H3. The van der Waals surface area contributed by atoms with Crippen molar-refractivity contribution in [2.45, 2.75) is 24.4 Å². The second kappa shape index (κ2) is 8.57. The first kappa shape index (κ1) is 19.3. The van der Waals surface area contributed by atoms with E-state index in [2.05, 4.69) is 19.7 Å². The maximum absolute atomic E-state index is 11.5. The number of hydrogen-bond acceptors (Lipinski definition) is 7. The van der Waals surface area contributed by atoms with Crippen molar-refractivity contribution in [1.29, 1.82) is 0 Å². The first-order valence-corrected chi connectivity index (χ1v) is 10.4. The molecule has 0 saturated heterocycles. The number of benzene rings is 2. The number of hydrogen-bond donors (Lipinski definition) is 0. The highest BCUT2D eigenvalue weighted by Gasteiger charge is 2.26. The van der Waals surface area contributed by atoms with Gasteiger partial charge in [0, 0.05) is 24.5 Å². The molecule has 0 saturated carbocycles. The van der Waals surface area contributed by atoms with Crippen molar-refractivity contribution < 1.29 is 14.3 Å². The van der Waals surface area contributed by atoms with Gasteiger partial charge in [0.2, 0.25) is 5.95 Å². The zero-order valence-electron chi connectivity index (χ0n) is 16.4. The largest absolute Gasteiger partial charge is 0.494 e. The fourth-order valence-electron chi connectivity index (χ4n) is 3.22. The molecular formula is C21H22N4O3S. The van der Waals surface area contributed by atoms with E-state index in [9.17, 15) is 4.79 Å². The summed E-state index contributed by atoms with van der Waals surface area (Å²) in [4.78, 5) is 13.7. The van der Waals surface area contributed by atoms with Crippen molar-refractivity contribution in [3.63, 3.8) is 0 Å². The van der Waals surface area contributed by atoms with Crippen molar-refractivity contribution >= 4 is 29.4 Å². The monoisotopic (exact) mass is 410 g/mol. The molecule has 8 heteroatoms. The van der Waals surface area contributed by atoms with E-state index in [4.69, 9.17) is 9.47 Å². The van der Waals surface area contributed by atoms with Crippen LogP contribution in [0.1, 0.15) is 22.8 Å². The zero-order valence-corrected chi connectivity index (χ0v) is 17.2.